The molecule has 1 aromatic carbocycles. The largest absolute Gasteiger partial charge is 0.493 e. The fraction of sp³-hybridized carbons (Fsp3) is 0.519. The third kappa shape index (κ3) is 8.18. The number of nitrogens with zero attached hydrogens (tertiary/aromatic N) is 3. The molecule has 1 fully saturated rings. The fourth-order valence-corrected chi connectivity index (χ4v) is 6.01. The SMILES string of the molecule is CCCCCS(=O)(=O)NC(=O)c1ccc2nc(C)n(Cc3ccc(OCC4CCCCC4)cc3Cl)c2n1.[Na]. The topological polar surface area (TPSA) is 103 Å². The summed E-state index contributed by atoms with van der Waals surface area (Å²) in [6.45, 7) is 4.96. The first-order chi connectivity index (χ1) is 17.8. The van der Waals surface area contributed by atoms with Crippen molar-refractivity contribution < 1.29 is 17.9 Å². The first kappa shape index (κ1) is 30.9. The van der Waals surface area contributed by atoms with Crippen LogP contribution < -0.4 is 9.46 Å². The van der Waals surface area contributed by atoms with Gasteiger partial charge in [0.2, 0.25) is 10.0 Å². The molecule has 0 aliphatic heterocycles. The maximum absolute atomic E-state index is 12.7. The number of hydrogen-bond donors (Lipinski definition) is 1. The van der Waals surface area contributed by atoms with Gasteiger partial charge >= 0.3 is 0 Å². The Balaban J connectivity index is 0.00000400. The quantitative estimate of drug-likeness (QED) is 0.249. The Hall–Kier alpha value is -1.65. The molecule has 1 radical (unpaired) electrons. The van der Waals surface area contributed by atoms with Gasteiger partial charge in [-0.1, -0.05) is 56.7 Å². The zero-order valence-electron chi connectivity index (χ0n) is 22.5. The fourth-order valence-electron chi connectivity index (χ4n) is 4.70. The first-order valence-electron chi connectivity index (χ1n) is 13.1. The molecule has 8 nitrogen and oxygen atoms in total. The Bertz CT molecular complexity index is 1360. The standard InChI is InChI=1S/C27H35ClN4O4S.Na/c1-3-4-8-15-37(34,35)31-27(33)25-14-13-24-26(30-25)32(19(2)29-24)17-21-11-12-22(16-23(21)28)36-18-20-9-6-5-7-10-20;/h11-14,16,20H,3-10,15,17-18H2,1-2H3,(H,31,33);. The number of imidazole rings is 1. The molecule has 201 valence electrons. The van der Waals surface area contributed by atoms with E-state index < -0.39 is 15.9 Å². The Labute approximate surface area is 252 Å². The van der Waals surface area contributed by atoms with Gasteiger partial charge in [0.1, 0.15) is 22.8 Å². The van der Waals surface area contributed by atoms with Crippen molar-refractivity contribution in [1.82, 2.24) is 19.3 Å². The van der Waals surface area contributed by atoms with Crippen molar-refractivity contribution in [3.8, 4) is 5.75 Å². The van der Waals surface area contributed by atoms with Crippen LogP contribution in [-0.4, -0.2) is 70.8 Å². The molecule has 0 unspecified atom stereocenters. The van der Waals surface area contributed by atoms with Crippen molar-refractivity contribution in [2.24, 2.45) is 5.92 Å². The summed E-state index contributed by atoms with van der Waals surface area (Å²) in [5.41, 5.74) is 1.99. The monoisotopic (exact) mass is 569 g/mol. The summed E-state index contributed by atoms with van der Waals surface area (Å²) in [6.07, 6.45) is 8.49. The van der Waals surface area contributed by atoms with E-state index in [0.29, 0.717) is 47.5 Å². The van der Waals surface area contributed by atoms with Crippen molar-refractivity contribution in [3.05, 3.63) is 52.4 Å². The number of sulfonamides is 1. The van der Waals surface area contributed by atoms with Gasteiger partial charge in [0.25, 0.3) is 5.91 Å². The zero-order chi connectivity index (χ0) is 26.4. The zero-order valence-corrected chi connectivity index (χ0v) is 26.1. The molecule has 11 heteroatoms. The van der Waals surface area contributed by atoms with E-state index in [0.717, 1.165) is 24.2 Å². The molecule has 2 aromatic heterocycles. The predicted molar refractivity (Wildman–Crippen MR) is 151 cm³/mol. The Morgan fingerprint density at radius 1 is 1.13 bits per heavy atom. The van der Waals surface area contributed by atoms with Crippen LogP contribution in [0, 0.1) is 12.8 Å². The number of nitrogens with one attached hydrogen (secondary N) is 1. The third-order valence-electron chi connectivity index (χ3n) is 6.84. The summed E-state index contributed by atoms with van der Waals surface area (Å²) < 4.78 is 34.5. The van der Waals surface area contributed by atoms with Gasteiger partial charge in [-0.05, 0) is 61.9 Å². The number of rotatable bonds is 11. The van der Waals surface area contributed by atoms with Crippen LogP contribution in [0.3, 0.4) is 0 Å². The minimum absolute atomic E-state index is 0. The van der Waals surface area contributed by atoms with E-state index in [1.54, 1.807) is 6.07 Å². The molecule has 1 aliphatic rings. The van der Waals surface area contributed by atoms with Crippen LogP contribution in [0.1, 0.15) is 80.2 Å². The Morgan fingerprint density at radius 2 is 1.89 bits per heavy atom. The summed E-state index contributed by atoms with van der Waals surface area (Å²) in [5, 5.41) is 0.578. The van der Waals surface area contributed by atoms with Gasteiger partial charge < -0.3 is 9.30 Å². The van der Waals surface area contributed by atoms with E-state index in [1.165, 1.54) is 38.2 Å². The van der Waals surface area contributed by atoms with E-state index in [9.17, 15) is 13.2 Å². The van der Waals surface area contributed by atoms with Crippen LogP contribution in [0.2, 0.25) is 5.02 Å². The number of amides is 1. The number of halogens is 1. The maximum atomic E-state index is 12.7. The number of carbonyl (C=O) groups is 1. The van der Waals surface area contributed by atoms with Crippen LogP contribution in [0.25, 0.3) is 11.2 Å². The van der Waals surface area contributed by atoms with Crippen molar-refractivity contribution in [2.45, 2.75) is 71.8 Å². The summed E-state index contributed by atoms with van der Waals surface area (Å²) in [6, 6.07) is 8.86. The van der Waals surface area contributed by atoms with E-state index in [-0.39, 0.29) is 41.0 Å². The normalized spacial score (nSPS) is 14.3. The molecular formula is C27H35ClN4NaO4S. The molecule has 4 rings (SSSR count). The molecule has 38 heavy (non-hydrogen) atoms. The van der Waals surface area contributed by atoms with Crippen molar-refractivity contribution in [1.29, 1.82) is 0 Å². The number of unbranched alkanes of at least 4 members (excludes halogenated alkanes) is 2. The minimum Gasteiger partial charge on any atom is -0.493 e. The third-order valence-corrected chi connectivity index (χ3v) is 8.52. The van der Waals surface area contributed by atoms with Crippen LogP contribution in [0.15, 0.2) is 30.3 Å². The molecule has 0 bridgehead atoms. The Morgan fingerprint density at radius 3 is 2.61 bits per heavy atom. The van der Waals surface area contributed by atoms with Gasteiger partial charge in [-0.2, -0.15) is 0 Å². The van der Waals surface area contributed by atoms with Crippen molar-refractivity contribution in [2.75, 3.05) is 12.4 Å². The molecule has 1 saturated carbocycles. The second-order valence-electron chi connectivity index (χ2n) is 9.81. The molecule has 1 aliphatic carbocycles. The number of hydrogen-bond acceptors (Lipinski definition) is 6. The van der Waals surface area contributed by atoms with E-state index >= 15 is 0 Å². The average molecular weight is 570 g/mol. The number of benzene rings is 1. The van der Waals surface area contributed by atoms with Crippen LogP contribution >= 0.6 is 11.6 Å². The number of fused-ring (bicyclic) bond motifs is 1. The van der Waals surface area contributed by atoms with E-state index in [2.05, 4.69) is 14.7 Å². The predicted octanol–water partition coefficient (Wildman–Crippen LogP) is 5.27. The molecular weight excluding hydrogens is 535 g/mol. The summed E-state index contributed by atoms with van der Waals surface area (Å²) in [5.74, 6) is 1.23. The van der Waals surface area contributed by atoms with Crippen LogP contribution in [0.5, 0.6) is 5.75 Å². The van der Waals surface area contributed by atoms with Gasteiger partial charge in [-0.25, -0.2) is 23.1 Å². The first-order valence-corrected chi connectivity index (χ1v) is 15.1. The summed E-state index contributed by atoms with van der Waals surface area (Å²) in [4.78, 5) is 21.7. The van der Waals surface area contributed by atoms with Crippen LogP contribution in [-0.2, 0) is 16.6 Å². The molecule has 1 N–H and O–H groups in total. The minimum atomic E-state index is -3.72. The second-order valence-corrected chi connectivity index (χ2v) is 12.1. The van der Waals surface area contributed by atoms with Gasteiger partial charge in [0, 0.05) is 34.6 Å². The van der Waals surface area contributed by atoms with Gasteiger partial charge in [0.15, 0.2) is 5.65 Å². The van der Waals surface area contributed by atoms with Gasteiger partial charge in [-0.15, -0.1) is 0 Å². The molecule has 1 amide bonds. The molecule has 0 atom stereocenters. The smallest absolute Gasteiger partial charge is 0.283 e. The van der Waals surface area contributed by atoms with Crippen molar-refractivity contribution >= 4 is 68.3 Å². The number of carbonyl (C=O) groups excluding carboxylic acids is 1. The number of aryl methyl sites for hydroxylation is 1. The number of pyridine rings is 1. The van der Waals surface area contributed by atoms with E-state index in [4.69, 9.17) is 16.3 Å². The summed E-state index contributed by atoms with van der Waals surface area (Å²) >= 11 is 6.61. The van der Waals surface area contributed by atoms with Crippen LogP contribution in [0.4, 0.5) is 0 Å². The second kappa shape index (κ2) is 14.1. The number of ether oxygens (including phenoxy) is 1. The molecule has 0 spiro atoms. The van der Waals surface area contributed by atoms with Gasteiger partial charge in [0.05, 0.1) is 18.9 Å². The number of aromatic nitrogens is 3. The van der Waals surface area contributed by atoms with Gasteiger partial charge in [-0.3, -0.25) is 4.79 Å². The average Bonchev–Trinajstić information content (AvgIpc) is 3.18. The maximum Gasteiger partial charge on any atom is 0.283 e. The molecule has 2 heterocycles. The molecule has 3 aromatic rings. The van der Waals surface area contributed by atoms with Crippen molar-refractivity contribution in [3.63, 3.8) is 0 Å². The van der Waals surface area contributed by atoms with E-state index in [1.807, 2.05) is 36.6 Å². The molecule has 0 saturated heterocycles. The summed E-state index contributed by atoms with van der Waals surface area (Å²) in [7, 11) is -3.72. The Kier molecular flexibility index (Phi) is 11.5.